The Labute approximate surface area is 252 Å². The number of quaternary nitrogens is 2. The second kappa shape index (κ2) is 16.6. The van der Waals surface area contributed by atoms with E-state index in [0.717, 1.165) is 47.6 Å². The third-order valence-corrected chi connectivity index (χ3v) is 10.9. The number of halogens is 2. The van der Waals surface area contributed by atoms with Gasteiger partial charge in [0.2, 0.25) is 0 Å². The Balaban J connectivity index is 0.00000684. The van der Waals surface area contributed by atoms with Crippen LogP contribution in [0.25, 0.3) is 0 Å². The smallest absolute Gasteiger partial charge is 0.0909 e. The Morgan fingerprint density at radius 2 is 0.974 bits per heavy atom. The van der Waals surface area contributed by atoms with E-state index in [0.29, 0.717) is 10.8 Å². The average molecular weight is 576 g/mol. The molecule has 2 fully saturated rings. The number of allylic oxidation sites excluding steroid dienone is 2. The molecule has 2 aliphatic rings. The summed E-state index contributed by atoms with van der Waals surface area (Å²) in [6.45, 7) is 20.3. The molecule has 0 radical (unpaired) electrons. The molecule has 38 heavy (non-hydrogen) atoms. The van der Waals surface area contributed by atoms with Crippen molar-refractivity contribution in [3.05, 3.63) is 12.2 Å². The van der Waals surface area contributed by atoms with Gasteiger partial charge in [-0.05, 0) is 60.2 Å². The van der Waals surface area contributed by atoms with Gasteiger partial charge in [-0.25, -0.2) is 0 Å². The van der Waals surface area contributed by atoms with Crippen LogP contribution in [0.15, 0.2) is 12.2 Å². The first kappa shape index (κ1) is 38.2. The number of nitrogens with one attached hydrogen (secondary N) is 2. The molecular weight excluding hydrogens is 507 g/mol. The van der Waals surface area contributed by atoms with E-state index in [4.69, 9.17) is 0 Å². The van der Waals surface area contributed by atoms with Gasteiger partial charge >= 0.3 is 0 Å². The van der Waals surface area contributed by atoms with Crippen molar-refractivity contribution in [1.82, 2.24) is 0 Å². The van der Waals surface area contributed by atoms with E-state index in [-0.39, 0.29) is 24.8 Å². The van der Waals surface area contributed by atoms with Crippen molar-refractivity contribution in [2.24, 2.45) is 46.3 Å². The van der Waals surface area contributed by atoms with Crippen LogP contribution in [0.4, 0.5) is 0 Å². The molecule has 0 amide bonds. The van der Waals surface area contributed by atoms with E-state index in [1.165, 1.54) is 64.2 Å². The van der Waals surface area contributed by atoms with Gasteiger partial charge in [0.05, 0.1) is 40.3 Å². The molecule has 228 valence electrons. The summed E-state index contributed by atoms with van der Waals surface area (Å²) in [7, 11) is 9.63. The molecule has 0 aromatic carbocycles. The zero-order valence-corrected chi connectivity index (χ0v) is 29.1. The number of rotatable bonds is 12. The lowest BCUT2D eigenvalue weighted by molar-refractivity contribution is -0.893. The maximum Gasteiger partial charge on any atom is 0.0909 e. The highest BCUT2D eigenvalue weighted by Crippen LogP contribution is 2.47. The minimum Gasteiger partial charge on any atom is -1.00 e. The Morgan fingerprint density at radius 1 is 0.658 bits per heavy atom. The SMILES string of the molecule is CC(C/C=C/CC(C)CC(C1C(C)CCCC1(C)C)[NH+](C)C)CC(C1C(C)CCCC1(C)C)[NH+](C)C.[Cl-].[Cl-]. The fourth-order valence-corrected chi connectivity index (χ4v) is 9.07. The normalized spacial score (nSPS) is 30.4. The Kier molecular flexibility index (Phi) is 16.7. The predicted molar refractivity (Wildman–Crippen MR) is 160 cm³/mol. The molecule has 2 aliphatic carbocycles. The van der Waals surface area contributed by atoms with Crippen LogP contribution < -0.4 is 34.6 Å². The molecule has 2 N–H and O–H groups in total. The summed E-state index contributed by atoms with van der Waals surface area (Å²) in [6, 6.07) is 1.56. The largest absolute Gasteiger partial charge is 1.00 e. The van der Waals surface area contributed by atoms with Crippen LogP contribution in [-0.2, 0) is 0 Å². The molecular formula is C34H68Cl2N2. The third-order valence-electron chi connectivity index (χ3n) is 10.9. The lowest BCUT2D eigenvalue weighted by Gasteiger charge is -2.47. The summed E-state index contributed by atoms with van der Waals surface area (Å²) in [5.74, 6) is 4.95. The summed E-state index contributed by atoms with van der Waals surface area (Å²) in [6.07, 6.45) is 18.8. The molecule has 2 saturated carbocycles. The molecule has 8 unspecified atom stereocenters. The van der Waals surface area contributed by atoms with E-state index in [1.54, 1.807) is 9.80 Å². The molecule has 4 heteroatoms. The summed E-state index contributed by atoms with van der Waals surface area (Å²) < 4.78 is 0. The van der Waals surface area contributed by atoms with Crippen LogP contribution in [0, 0.1) is 46.3 Å². The monoisotopic (exact) mass is 574 g/mol. The molecule has 0 aromatic rings. The first-order valence-corrected chi connectivity index (χ1v) is 15.9. The van der Waals surface area contributed by atoms with E-state index in [9.17, 15) is 0 Å². The van der Waals surface area contributed by atoms with Gasteiger partial charge in [-0.2, -0.15) is 0 Å². The van der Waals surface area contributed by atoms with Gasteiger partial charge in [0.25, 0.3) is 0 Å². The minimum atomic E-state index is 0. The van der Waals surface area contributed by atoms with Gasteiger partial charge in [-0.1, -0.05) is 93.2 Å². The van der Waals surface area contributed by atoms with E-state index in [1.807, 2.05) is 0 Å². The van der Waals surface area contributed by atoms with Crippen molar-refractivity contribution in [2.45, 2.75) is 132 Å². The lowest BCUT2D eigenvalue weighted by atomic mass is 9.60. The maximum absolute atomic E-state index is 2.55. The van der Waals surface area contributed by atoms with Crippen molar-refractivity contribution in [1.29, 1.82) is 0 Å². The topological polar surface area (TPSA) is 8.88 Å². The van der Waals surface area contributed by atoms with Gasteiger partial charge in [0.1, 0.15) is 0 Å². The van der Waals surface area contributed by atoms with E-state index < -0.39 is 0 Å². The van der Waals surface area contributed by atoms with Crippen LogP contribution >= 0.6 is 0 Å². The molecule has 0 bridgehead atoms. The van der Waals surface area contributed by atoms with Crippen molar-refractivity contribution in [3.63, 3.8) is 0 Å². The second-order valence-electron chi connectivity index (χ2n) is 15.8. The molecule has 0 spiro atoms. The van der Waals surface area contributed by atoms with Crippen LogP contribution in [0.2, 0.25) is 0 Å². The fraction of sp³-hybridized carbons (Fsp3) is 0.941. The molecule has 0 aromatic heterocycles. The van der Waals surface area contributed by atoms with E-state index >= 15 is 0 Å². The standard InChI is InChI=1S/C34H66N2.2ClH/c1-25(23-29(35(9)10)31-27(3)19-15-21-33(31,5)6)17-13-14-18-26(2)24-30(36(11)12)32-28(4)20-16-22-34(32,7)8;;/h13-14,25-32H,15-24H2,1-12H3;2*1H/b14-13+;;. The quantitative estimate of drug-likeness (QED) is 0.311. The first-order chi connectivity index (χ1) is 16.7. The summed E-state index contributed by atoms with van der Waals surface area (Å²) in [4.78, 5) is 3.34. The van der Waals surface area contributed by atoms with Crippen molar-refractivity contribution in [3.8, 4) is 0 Å². The third kappa shape index (κ3) is 10.6. The Hall–Kier alpha value is 0.240. The molecule has 0 saturated heterocycles. The highest BCUT2D eigenvalue weighted by Gasteiger charge is 2.45. The second-order valence-corrected chi connectivity index (χ2v) is 15.8. The average Bonchev–Trinajstić information content (AvgIpc) is 2.73. The minimum absolute atomic E-state index is 0. The highest BCUT2D eigenvalue weighted by atomic mass is 35.5. The lowest BCUT2D eigenvalue weighted by Crippen LogP contribution is -3.11. The zero-order chi connectivity index (χ0) is 27.3. The summed E-state index contributed by atoms with van der Waals surface area (Å²) >= 11 is 0. The van der Waals surface area contributed by atoms with Gasteiger partial charge in [-0.3, -0.25) is 0 Å². The Morgan fingerprint density at radius 3 is 1.24 bits per heavy atom. The van der Waals surface area contributed by atoms with Crippen LogP contribution in [-0.4, -0.2) is 40.3 Å². The summed E-state index contributed by atoms with van der Waals surface area (Å²) in [5.41, 5.74) is 0.972. The van der Waals surface area contributed by atoms with Crippen molar-refractivity contribution in [2.75, 3.05) is 28.2 Å². The zero-order valence-electron chi connectivity index (χ0n) is 27.6. The van der Waals surface area contributed by atoms with Gasteiger partial charge in [-0.15, -0.1) is 0 Å². The first-order valence-electron chi connectivity index (χ1n) is 15.9. The fourth-order valence-electron chi connectivity index (χ4n) is 9.07. The van der Waals surface area contributed by atoms with Crippen LogP contribution in [0.3, 0.4) is 0 Å². The van der Waals surface area contributed by atoms with Crippen LogP contribution in [0.1, 0.15) is 120 Å². The molecule has 2 nitrogen and oxygen atoms in total. The maximum atomic E-state index is 2.55. The molecule has 8 atom stereocenters. The Bertz CT molecular complexity index is 615. The van der Waals surface area contributed by atoms with Gasteiger partial charge in [0.15, 0.2) is 0 Å². The van der Waals surface area contributed by atoms with Crippen molar-refractivity contribution < 1.29 is 34.6 Å². The van der Waals surface area contributed by atoms with Gasteiger partial charge in [0, 0.05) is 24.7 Å². The van der Waals surface area contributed by atoms with Gasteiger partial charge < -0.3 is 34.6 Å². The van der Waals surface area contributed by atoms with E-state index in [2.05, 4.69) is 95.7 Å². The number of hydrogen-bond donors (Lipinski definition) is 2. The molecule has 2 rings (SSSR count). The molecule has 0 heterocycles. The van der Waals surface area contributed by atoms with Crippen molar-refractivity contribution >= 4 is 0 Å². The number of hydrogen-bond acceptors (Lipinski definition) is 0. The molecule has 0 aliphatic heterocycles. The summed E-state index contributed by atoms with van der Waals surface area (Å²) in [5, 5.41) is 0. The highest BCUT2D eigenvalue weighted by molar-refractivity contribution is 4.94. The predicted octanol–water partition coefficient (Wildman–Crippen LogP) is 0.334. The van der Waals surface area contributed by atoms with Crippen LogP contribution in [0.5, 0.6) is 0 Å².